The second kappa shape index (κ2) is 9.46. The normalized spacial score (nSPS) is 14.3. The molecule has 8 nitrogen and oxygen atoms in total. The van der Waals surface area contributed by atoms with E-state index in [9.17, 15) is 9.59 Å². The number of furan rings is 1. The number of guanidine groups is 1. The quantitative estimate of drug-likeness (QED) is 0.463. The lowest BCUT2D eigenvalue weighted by atomic mass is 10.2. The smallest absolute Gasteiger partial charge is 0.289 e. The molecular formula is C21H23N5O3. The molecule has 0 radical (unpaired) electrons. The molecule has 2 aromatic rings. The Kier molecular flexibility index (Phi) is 6.53. The summed E-state index contributed by atoms with van der Waals surface area (Å²) >= 11 is 0. The minimum atomic E-state index is -0.202. The van der Waals surface area contributed by atoms with Gasteiger partial charge >= 0.3 is 0 Å². The van der Waals surface area contributed by atoms with Gasteiger partial charge in [0.05, 0.1) is 12.8 Å². The Morgan fingerprint density at radius 3 is 2.59 bits per heavy atom. The molecular weight excluding hydrogens is 370 g/mol. The van der Waals surface area contributed by atoms with Crippen LogP contribution in [-0.2, 0) is 4.79 Å². The number of aliphatic imine (C=N–C) groups is 1. The van der Waals surface area contributed by atoms with Crippen molar-refractivity contribution in [2.75, 3.05) is 45.1 Å². The minimum absolute atomic E-state index is 0.0680. The number of carbonyl (C=O) groups is 2. The molecule has 0 saturated carbocycles. The van der Waals surface area contributed by atoms with Crippen molar-refractivity contribution in [2.24, 2.45) is 4.99 Å². The molecule has 0 spiro atoms. The number of hydrogen-bond donors (Lipinski definition) is 2. The number of nitrogens with zero attached hydrogens (tertiary/aromatic N) is 3. The number of piperazine rings is 1. The molecule has 1 aliphatic heterocycles. The van der Waals surface area contributed by atoms with Gasteiger partial charge in [-0.05, 0) is 30.3 Å². The van der Waals surface area contributed by atoms with E-state index in [2.05, 4.69) is 21.5 Å². The summed E-state index contributed by atoms with van der Waals surface area (Å²) in [5.41, 5.74) is 1.35. The number of benzene rings is 1. The van der Waals surface area contributed by atoms with E-state index in [-0.39, 0.29) is 18.4 Å². The molecule has 3 rings (SSSR count). The standard InChI is InChI=1S/C21H23N5O3/c1-3-16-6-4-7-17(14-16)24-19(27)15-23-21(22-2)26-11-9-25(10-12-26)20(28)18-8-5-13-29-18/h1,4-8,13-14H,9-12,15H2,2H3,(H,22,23)(H,24,27). The highest BCUT2D eigenvalue weighted by Gasteiger charge is 2.25. The predicted molar refractivity (Wildman–Crippen MR) is 111 cm³/mol. The zero-order valence-electron chi connectivity index (χ0n) is 16.2. The third kappa shape index (κ3) is 5.17. The molecule has 150 valence electrons. The molecule has 0 atom stereocenters. The summed E-state index contributed by atoms with van der Waals surface area (Å²) in [5.74, 6) is 3.17. The van der Waals surface area contributed by atoms with Crippen molar-refractivity contribution in [2.45, 2.75) is 0 Å². The fourth-order valence-corrected chi connectivity index (χ4v) is 3.06. The maximum Gasteiger partial charge on any atom is 0.289 e. The van der Waals surface area contributed by atoms with Crippen molar-refractivity contribution < 1.29 is 14.0 Å². The van der Waals surface area contributed by atoms with Crippen molar-refractivity contribution in [1.29, 1.82) is 0 Å². The number of amides is 2. The highest BCUT2D eigenvalue weighted by Crippen LogP contribution is 2.10. The molecule has 1 aromatic carbocycles. The molecule has 2 heterocycles. The second-order valence-electron chi connectivity index (χ2n) is 6.43. The highest BCUT2D eigenvalue weighted by atomic mass is 16.3. The minimum Gasteiger partial charge on any atom is -0.459 e. The van der Waals surface area contributed by atoms with Gasteiger partial charge in [-0.25, -0.2) is 0 Å². The van der Waals surface area contributed by atoms with E-state index in [0.717, 1.165) is 0 Å². The van der Waals surface area contributed by atoms with E-state index in [1.165, 1.54) is 6.26 Å². The number of carbonyl (C=O) groups excluding carboxylic acids is 2. The van der Waals surface area contributed by atoms with Crippen LogP contribution in [0.4, 0.5) is 5.69 Å². The van der Waals surface area contributed by atoms with Crippen LogP contribution in [0.2, 0.25) is 0 Å². The van der Waals surface area contributed by atoms with Gasteiger partial charge in [0.15, 0.2) is 11.7 Å². The van der Waals surface area contributed by atoms with E-state index in [4.69, 9.17) is 10.8 Å². The zero-order chi connectivity index (χ0) is 20.6. The molecule has 1 aliphatic rings. The summed E-state index contributed by atoms with van der Waals surface area (Å²) in [6.45, 7) is 2.38. The molecule has 1 aromatic heterocycles. The Balaban J connectivity index is 1.47. The van der Waals surface area contributed by atoms with E-state index >= 15 is 0 Å². The Bertz CT molecular complexity index is 922. The van der Waals surface area contributed by atoms with Crippen LogP contribution in [-0.4, -0.2) is 67.3 Å². The SMILES string of the molecule is C#Cc1cccc(NC(=O)CNC(=NC)N2CCN(C(=O)c3ccco3)CC2)c1. The Morgan fingerprint density at radius 2 is 1.93 bits per heavy atom. The monoisotopic (exact) mass is 393 g/mol. The third-order valence-corrected chi connectivity index (χ3v) is 4.53. The number of hydrogen-bond acceptors (Lipinski definition) is 4. The molecule has 0 aliphatic carbocycles. The van der Waals surface area contributed by atoms with Crippen LogP contribution in [0.15, 0.2) is 52.1 Å². The predicted octanol–water partition coefficient (Wildman–Crippen LogP) is 1.23. The fourth-order valence-electron chi connectivity index (χ4n) is 3.06. The van der Waals surface area contributed by atoms with E-state index in [1.54, 1.807) is 48.3 Å². The van der Waals surface area contributed by atoms with Crippen molar-refractivity contribution in [1.82, 2.24) is 15.1 Å². The molecule has 8 heteroatoms. The first-order valence-electron chi connectivity index (χ1n) is 9.25. The van der Waals surface area contributed by atoms with E-state index < -0.39 is 0 Å². The third-order valence-electron chi connectivity index (χ3n) is 4.53. The lowest BCUT2D eigenvalue weighted by molar-refractivity contribution is -0.115. The van der Waals surface area contributed by atoms with Crippen molar-refractivity contribution in [3.63, 3.8) is 0 Å². The molecule has 2 amide bonds. The second-order valence-corrected chi connectivity index (χ2v) is 6.43. The molecule has 2 N–H and O–H groups in total. The lowest BCUT2D eigenvalue weighted by Crippen LogP contribution is -2.54. The van der Waals surface area contributed by atoms with E-state index in [1.807, 2.05) is 4.90 Å². The number of terminal acetylenes is 1. The van der Waals surface area contributed by atoms with Gasteiger partial charge in [-0.3, -0.25) is 14.6 Å². The van der Waals surface area contributed by atoms with Crippen LogP contribution in [0.25, 0.3) is 0 Å². The summed E-state index contributed by atoms with van der Waals surface area (Å²) in [7, 11) is 1.66. The average Bonchev–Trinajstić information content (AvgIpc) is 3.29. The summed E-state index contributed by atoms with van der Waals surface area (Å²) < 4.78 is 5.18. The summed E-state index contributed by atoms with van der Waals surface area (Å²) in [6, 6.07) is 10.5. The van der Waals surface area contributed by atoms with Gasteiger partial charge in [-0.2, -0.15) is 0 Å². The maximum absolute atomic E-state index is 12.3. The summed E-state index contributed by atoms with van der Waals surface area (Å²) in [6.07, 6.45) is 6.87. The topological polar surface area (TPSA) is 90.2 Å². The van der Waals surface area contributed by atoms with Gasteiger partial charge < -0.3 is 24.9 Å². The van der Waals surface area contributed by atoms with Crippen LogP contribution >= 0.6 is 0 Å². The summed E-state index contributed by atoms with van der Waals surface area (Å²) in [4.78, 5) is 32.6. The number of nitrogens with one attached hydrogen (secondary N) is 2. The van der Waals surface area contributed by atoms with Gasteiger partial charge in [0.25, 0.3) is 5.91 Å². The highest BCUT2D eigenvalue weighted by molar-refractivity contribution is 5.95. The van der Waals surface area contributed by atoms with Gasteiger partial charge in [-0.15, -0.1) is 6.42 Å². The molecule has 0 unspecified atom stereocenters. The first-order chi connectivity index (χ1) is 14.1. The number of anilines is 1. The zero-order valence-corrected chi connectivity index (χ0v) is 16.2. The van der Waals surface area contributed by atoms with Crippen molar-refractivity contribution in [3.05, 3.63) is 54.0 Å². The first kappa shape index (κ1) is 20.0. The Hall–Kier alpha value is -3.73. The van der Waals surface area contributed by atoms with E-state index in [0.29, 0.717) is 49.1 Å². The largest absolute Gasteiger partial charge is 0.459 e. The van der Waals surface area contributed by atoms with Gasteiger partial charge in [0.1, 0.15) is 0 Å². The van der Waals surface area contributed by atoms with Crippen molar-refractivity contribution in [3.8, 4) is 12.3 Å². The molecule has 0 bridgehead atoms. The van der Waals surface area contributed by atoms with Gasteiger partial charge in [-0.1, -0.05) is 12.0 Å². The first-order valence-corrected chi connectivity index (χ1v) is 9.25. The van der Waals surface area contributed by atoms with Crippen LogP contribution in [0.1, 0.15) is 16.1 Å². The Labute approximate surface area is 169 Å². The van der Waals surface area contributed by atoms with Crippen molar-refractivity contribution >= 4 is 23.5 Å². The van der Waals surface area contributed by atoms with Crippen LogP contribution in [0.3, 0.4) is 0 Å². The van der Waals surface area contributed by atoms with Crippen LogP contribution in [0, 0.1) is 12.3 Å². The summed E-state index contributed by atoms with van der Waals surface area (Å²) in [5, 5.41) is 5.86. The Morgan fingerprint density at radius 1 is 1.17 bits per heavy atom. The fraction of sp³-hybridized carbons (Fsp3) is 0.286. The lowest BCUT2D eigenvalue weighted by Gasteiger charge is -2.36. The van der Waals surface area contributed by atoms with Gasteiger partial charge in [0.2, 0.25) is 5.91 Å². The molecule has 29 heavy (non-hydrogen) atoms. The van der Waals surface area contributed by atoms with Crippen LogP contribution < -0.4 is 10.6 Å². The average molecular weight is 393 g/mol. The molecule has 1 saturated heterocycles. The number of rotatable bonds is 4. The molecule has 1 fully saturated rings. The van der Waals surface area contributed by atoms with Crippen LogP contribution in [0.5, 0.6) is 0 Å². The van der Waals surface area contributed by atoms with Gasteiger partial charge in [0, 0.05) is 44.5 Å². The maximum atomic E-state index is 12.3.